The van der Waals surface area contributed by atoms with Crippen LogP contribution in [-0.2, 0) is 0 Å². The molecule has 2 aliphatic heterocycles. The van der Waals surface area contributed by atoms with Crippen molar-refractivity contribution in [3.63, 3.8) is 0 Å². The number of amides is 2. The minimum absolute atomic E-state index is 0.119. The second-order valence-electron chi connectivity index (χ2n) is 7.33. The molecule has 2 aliphatic rings. The number of fused-ring (bicyclic) bond motifs is 1. The number of carbonyl (C=O) groups excluding carboxylic acids is 2. The first kappa shape index (κ1) is 19.9. The summed E-state index contributed by atoms with van der Waals surface area (Å²) in [5, 5.41) is 10.9. The summed E-state index contributed by atoms with van der Waals surface area (Å²) in [6.45, 7) is 4.75. The highest BCUT2D eigenvalue weighted by Crippen LogP contribution is 2.27. The molecule has 0 saturated carbocycles. The van der Waals surface area contributed by atoms with Gasteiger partial charge in [-0.3, -0.25) is 29.5 Å². The quantitative estimate of drug-likeness (QED) is 0.293. The van der Waals surface area contributed by atoms with Crippen molar-refractivity contribution in [3.05, 3.63) is 57.9 Å². The minimum atomic E-state index is -0.565. The van der Waals surface area contributed by atoms with Gasteiger partial charge in [-0.15, -0.1) is 0 Å². The third-order valence-corrected chi connectivity index (χ3v) is 5.48. The number of piperazine rings is 1. The minimum Gasteiger partial charge on any atom is -0.338 e. The Bertz CT molecular complexity index is 959. The van der Waals surface area contributed by atoms with Crippen molar-refractivity contribution in [2.24, 2.45) is 0 Å². The highest BCUT2D eigenvalue weighted by Gasteiger charge is 2.36. The lowest BCUT2D eigenvalue weighted by Crippen LogP contribution is -2.47. The van der Waals surface area contributed by atoms with E-state index in [1.165, 1.54) is 23.1 Å². The van der Waals surface area contributed by atoms with Gasteiger partial charge >= 0.3 is 0 Å². The smallest absolute Gasteiger partial charge is 0.270 e. The Morgan fingerprint density at radius 3 is 2.30 bits per heavy atom. The molecule has 0 radical (unpaired) electrons. The number of aromatic nitrogens is 2. The fourth-order valence-electron chi connectivity index (χ4n) is 3.83. The van der Waals surface area contributed by atoms with Gasteiger partial charge in [-0.25, -0.2) is 9.97 Å². The standard InChI is InChI=1S/C20H22N6O4/c27-18-16-5-4-15(26(29)30)14-17(16)19(28)25(18)9-2-1-8-23-10-12-24(13-11-23)20-21-6-3-7-22-20/h3-7,14H,1-2,8-13H2. The van der Waals surface area contributed by atoms with Crippen molar-refractivity contribution in [1.82, 2.24) is 19.8 Å². The van der Waals surface area contributed by atoms with Crippen LogP contribution in [0.1, 0.15) is 33.6 Å². The van der Waals surface area contributed by atoms with Gasteiger partial charge < -0.3 is 4.90 Å². The van der Waals surface area contributed by atoms with E-state index in [1.807, 2.05) is 0 Å². The number of anilines is 1. The number of nitrogens with zero attached hydrogens (tertiary/aromatic N) is 6. The number of carbonyl (C=O) groups is 2. The summed E-state index contributed by atoms with van der Waals surface area (Å²) >= 11 is 0. The molecule has 0 spiro atoms. The molecule has 1 aromatic heterocycles. The second-order valence-corrected chi connectivity index (χ2v) is 7.33. The van der Waals surface area contributed by atoms with Gasteiger partial charge in [0.2, 0.25) is 5.95 Å². The molecular weight excluding hydrogens is 388 g/mol. The fraction of sp³-hybridized carbons (Fsp3) is 0.400. The Morgan fingerprint density at radius 1 is 0.933 bits per heavy atom. The van der Waals surface area contributed by atoms with E-state index in [9.17, 15) is 19.7 Å². The molecule has 10 heteroatoms. The van der Waals surface area contributed by atoms with Gasteiger partial charge in [-0.05, 0) is 31.5 Å². The number of imide groups is 1. The van der Waals surface area contributed by atoms with Crippen LogP contribution in [0.3, 0.4) is 0 Å². The van der Waals surface area contributed by atoms with E-state index >= 15 is 0 Å². The van der Waals surface area contributed by atoms with E-state index in [0.717, 1.165) is 45.1 Å². The molecule has 156 valence electrons. The van der Waals surface area contributed by atoms with Gasteiger partial charge in [-0.2, -0.15) is 0 Å². The predicted molar refractivity (Wildman–Crippen MR) is 108 cm³/mol. The zero-order valence-corrected chi connectivity index (χ0v) is 16.4. The van der Waals surface area contributed by atoms with Crippen molar-refractivity contribution in [3.8, 4) is 0 Å². The van der Waals surface area contributed by atoms with E-state index in [0.29, 0.717) is 13.0 Å². The second kappa shape index (κ2) is 8.54. The van der Waals surface area contributed by atoms with E-state index < -0.39 is 10.8 Å². The molecular formula is C20H22N6O4. The van der Waals surface area contributed by atoms with Crippen molar-refractivity contribution >= 4 is 23.5 Å². The van der Waals surface area contributed by atoms with Crippen molar-refractivity contribution in [1.29, 1.82) is 0 Å². The Morgan fingerprint density at radius 2 is 1.60 bits per heavy atom. The maximum atomic E-state index is 12.5. The Labute approximate surface area is 173 Å². The third kappa shape index (κ3) is 3.99. The summed E-state index contributed by atoms with van der Waals surface area (Å²) in [4.78, 5) is 49.6. The molecule has 2 aromatic rings. The molecule has 1 aromatic carbocycles. The molecule has 1 saturated heterocycles. The van der Waals surface area contributed by atoms with Crippen molar-refractivity contribution in [2.75, 3.05) is 44.2 Å². The molecule has 4 rings (SSSR count). The lowest BCUT2D eigenvalue weighted by atomic mass is 10.1. The molecule has 0 aliphatic carbocycles. The lowest BCUT2D eigenvalue weighted by molar-refractivity contribution is -0.384. The van der Waals surface area contributed by atoms with Gasteiger partial charge in [0.1, 0.15) is 0 Å². The SMILES string of the molecule is O=C1c2ccc([N+](=O)[O-])cc2C(=O)N1CCCCN1CCN(c2ncccn2)CC1. The first-order valence-electron chi connectivity index (χ1n) is 9.93. The van der Waals surface area contributed by atoms with E-state index in [-0.39, 0.29) is 22.7 Å². The number of unbranched alkanes of at least 4 members (excludes halogenated alkanes) is 1. The number of rotatable bonds is 7. The van der Waals surface area contributed by atoms with Gasteiger partial charge in [-0.1, -0.05) is 0 Å². The van der Waals surface area contributed by atoms with Crippen molar-refractivity contribution in [2.45, 2.75) is 12.8 Å². The van der Waals surface area contributed by atoms with Gasteiger partial charge in [0.05, 0.1) is 16.1 Å². The van der Waals surface area contributed by atoms with Crippen LogP contribution in [0, 0.1) is 10.1 Å². The summed E-state index contributed by atoms with van der Waals surface area (Å²) in [5.74, 6) is -0.0699. The van der Waals surface area contributed by atoms with Crippen LogP contribution >= 0.6 is 0 Å². The summed E-state index contributed by atoms with van der Waals surface area (Å²) in [6.07, 6.45) is 5.03. The summed E-state index contributed by atoms with van der Waals surface area (Å²) in [5.41, 5.74) is 0.176. The molecule has 10 nitrogen and oxygen atoms in total. The number of nitro benzene ring substituents is 1. The Balaban J connectivity index is 1.23. The summed E-state index contributed by atoms with van der Waals surface area (Å²) in [6, 6.07) is 5.61. The first-order valence-corrected chi connectivity index (χ1v) is 9.93. The summed E-state index contributed by atoms with van der Waals surface area (Å²) < 4.78 is 0. The molecule has 0 atom stereocenters. The Hall–Kier alpha value is -3.40. The average molecular weight is 410 g/mol. The van der Waals surface area contributed by atoms with Gasteiger partial charge in [0, 0.05) is 57.3 Å². The van der Waals surface area contributed by atoms with Crippen LogP contribution in [0.4, 0.5) is 11.6 Å². The maximum absolute atomic E-state index is 12.5. The van der Waals surface area contributed by atoms with Crippen LogP contribution in [0.25, 0.3) is 0 Å². The van der Waals surface area contributed by atoms with Gasteiger partial charge in [0.15, 0.2) is 0 Å². The van der Waals surface area contributed by atoms with Crippen LogP contribution < -0.4 is 4.90 Å². The highest BCUT2D eigenvalue weighted by atomic mass is 16.6. The van der Waals surface area contributed by atoms with E-state index in [4.69, 9.17) is 0 Å². The van der Waals surface area contributed by atoms with E-state index in [2.05, 4.69) is 19.8 Å². The number of non-ortho nitro benzene ring substituents is 1. The number of hydrogen-bond acceptors (Lipinski definition) is 8. The third-order valence-electron chi connectivity index (χ3n) is 5.48. The molecule has 0 bridgehead atoms. The lowest BCUT2D eigenvalue weighted by Gasteiger charge is -2.34. The first-order chi connectivity index (χ1) is 14.5. The molecule has 0 N–H and O–H groups in total. The van der Waals surface area contributed by atoms with Crippen LogP contribution in [0.2, 0.25) is 0 Å². The summed E-state index contributed by atoms with van der Waals surface area (Å²) in [7, 11) is 0. The predicted octanol–water partition coefficient (Wildman–Crippen LogP) is 1.58. The number of nitro groups is 1. The molecule has 0 unspecified atom stereocenters. The van der Waals surface area contributed by atoms with E-state index in [1.54, 1.807) is 18.5 Å². The monoisotopic (exact) mass is 410 g/mol. The molecule has 1 fully saturated rings. The van der Waals surface area contributed by atoms with Crippen LogP contribution in [0.15, 0.2) is 36.7 Å². The molecule has 2 amide bonds. The maximum Gasteiger partial charge on any atom is 0.270 e. The molecule has 30 heavy (non-hydrogen) atoms. The van der Waals surface area contributed by atoms with Crippen molar-refractivity contribution < 1.29 is 14.5 Å². The van der Waals surface area contributed by atoms with Crippen LogP contribution in [0.5, 0.6) is 0 Å². The number of benzene rings is 1. The Kier molecular flexibility index (Phi) is 5.66. The highest BCUT2D eigenvalue weighted by molar-refractivity contribution is 6.21. The zero-order chi connectivity index (χ0) is 21.1. The van der Waals surface area contributed by atoms with Gasteiger partial charge in [0.25, 0.3) is 17.5 Å². The largest absolute Gasteiger partial charge is 0.338 e. The topological polar surface area (TPSA) is 113 Å². The molecule has 3 heterocycles. The zero-order valence-electron chi connectivity index (χ0n) is 16.4. The average Bonchev–Trinajstić information content (AvgIpc) is 3.02. The number of hydrogen-bond donors (Lipinski definition) is 0. The normalized spacial score (nSPS) is 16.8. The van der Waals surface area contributed by atoms with Crippen LogP contribution in [-0.4, -0.2) is 75.8 Å². The fourth-order valence-corrected chi connectivity index (χ4v) is 3.83.